The number of rotatable bonds is 5. The molecule has 3 aromatic rings. The average molecular weight is 492 g/mol. The van der Waals surface area contributed by atoms with Gasteiger partial charge in [0.25, 0.3) is 15.7 Å². The van der Waals surface area contributed by atoms with Gasteiger partial charge in [-0.3, -0.25) is 9.78 Å². The van der Waals surface area contributed by atoms with Crippen LogP contribution in [0.5, 0.6) is 0 Å². The number of sulfone groups is 1. The first-order valence-electron chi connectivity index (χ1n) is 9.99. The molecule has 0 atom stereocenters. The molecular weight excluding hydrogens is 473 g/mol. The van der Waals surface area contributed by atoms with E-state index in [2.05, 4.69) is 4.98 Å². The molecule has 0 saturated carbocycles. The molecule has 1 aromatic heterocycles. The standard InChI is InChI=1S/C22H19F3N4O4S/c1-27(2)18-5-3-4-17-20(18)14(10-11-26-17)12-28-13-19(30)29(21(28)31)15-6-8-16(9-7-15)34(32,33)22(23,24)25/h3-11H,12-13H2,1-2H3. The number of amides is 3. The molecule has 1 aliphatic heterocycles. The van der Waals surface area contributed by atoms with E-state index in [4.69, 9.17) is 0 Å². The van der Waals surface area contributed by atoms with Gasteiger partial charge in [-0.15, -0.1) is 0 Å². The van der Waals surface area contributed by atoms with Gasteiger partial charge in [-0.05, 0) is 48.0 Å². The predicted molar refractivity (Wildman–Crippen MR) is 119 cm³/mol. The number of pyridine rings is 1. The summed E-state index contributed by atoms with van der Waals surface area (Å²) in [5.41, 5.74) is -3.10. The third-order valence-corrected chi connectivity index (χ3v) is 6.92. The Kier molecular flexibility index (Phi) is 5.72. The molecule has 0 radical (unpaired) electrons. The van der Waals surface area contributed by atoms with E-state index in [-0.39, 0.29) is 18.8 Å². The summed E-state index contributed by atoms with van der Waals surface area (Å²) in [6, 6.07) is 10.2. The second-order valence-electron chi connectivity index (χ2n) is 7.85. The lowest BCUT2D eigenvalue weighted by Gasteiger charge is -2.21. The van der Waals surface area contributed by atoms with Gasteiger partial charge in [0.2, 0.25) is 0 Å². The molecule has 3 amide bonds. The second kappa shape index (κ2) is 8.28. The number of hydrogen-bond donors (Lipinski definition) is 0. The van der Waals surface area contributed by atoms with Crippen LogP contribution in [0.25, 0.3) is 10.9 Å². The zero-order chi connectivity index (χ0) is 24.8. The van der Waals surface area contributed by atoms with Gasteiger partial charge in [-0.25, -0.2) is 18.1 Å². The summed E-state index contributed by atoms with van der Waals surface area (Å²) in [6.07, 6.45) is 1.61. The summed E-state index contributed by atoms with van der Waals surface area (Å²) < 4.78 is 61.4. The van der Waals surface area contributed by atoms with E-state index in [0.29, 0.717) is 0 Å². The Bertz CT molecular complexity index is 1380. The Hall–Kier alpha value is -3.67. The molecule has 4 rings (SSSR count). The van der Waals surface area contributed by atoms with Crippen LogP contribution in [-0.4, -0.2) is 56.4 Å². The number of aromatic nitrogens is 1. The number of carbonyl (C=O) groups excluding carboxylic acids is 2. The molecule has 0 N–H and O–H groups in total. The highest BCUT2D eigenvalue weighted by Gasteiger charge is 2.47. The van der Waals surface area contributed by atoms with Crippen LogP contribution in [-0.2, 0) is 21.2 Å². The number of imide groups is 1. The summed E-state index contributed by atoms with van der Waals surface area (Å²) in [4.78, 5) is 33.1. The van der Waals surface area contributed by atoms with Crippen molar-refractivity contribution < 1.29 is 31.2 Å². The summed E-state index contributed by atoms with van der Waals surface area (Å²) in [6.45, 7) is -0.138. The van der Waals surface area contributed by atoms with E-state index in [1.165, 1.54) is 4.90 Å². The van der Waals surface area contributed by atoms with Crippen LogP contribution in [0.1, 0.15) is 5.56 Å². The summed E-state index contributed by atoms with van der Waals surface area (Å²) in [7, 11) is -1.78. The van der Waals surface area contributed by atoms with Gasteiger partial charge in [0.05, 0.1) is 16.1 Å². The van der Waals surface area contributed by atoms with Crippen LogP contribution in [0, 0.1) is 0 Å². The molecule has 0 unspecified atom stereocenters. The Balaban J connectivity index is 1.63. The van der Waals surface area contributed by atoms with Gasteiger partial charge >= 0.3 is 11.5 Å². The lowest BCUT2D eigenvalue weighted by Crippen LogP contribution is -2.33. The highest BCUT2D eigenvalue weighted by molar-refractivity contribution is 7.92. The first kappa shape index (κ1) is 23.5. The number of nitrogens with zero attached hydrogens (tertiary/aromatic N) is 4. The molecule has 0 spiro atoms. The van der Waals surface area contributed by atoms with E-state index < -0.39 is 32.2 Å². The van der Waals surface area contributed by atoms with Crippen molar-refractivity contribution in [2.24, 2.45) is 0 Å². The van der Waals surface area contributed by atoms with Crippen molar-refractivity contribution in [1.29, 1.82) is 0 Å². The molecule has 34 heavy (non-hydrogen) atoms. The predicted octanol–water partition coefficient (Wildman–Crippen LogP) is 3.56. The molecule has 0 aliphatic carbocycles. The number of halogens is 3. The van der Waals surface area contributed by atoms with E-state index in [9.17, 15) is 31.2 Å². The highest BCUT2D eigenvalue weighted by atomic mass is 32.2. The number of alkyl halides is 3. The SMILES string of the molecule is CN(C)c1cccc2nccc(CN3CC(=O)N(c4ccc(S(=O)(=O)C(F)(F)F)cc4)C3=O)c12. The van der Waals surface area contributed by atoms with Crippen LogP contribution >= 0.6 is 0 Å². The van der Waals surface area contributed by atoms with Crippen molar-refractivity contribution in [3.63, 3.8) is 0 Å². The van der Waals surface area contributed by atoms with E-state index in [0.717, 1.165) is 51.3 Å². The fraction of sp³-hybridized carbons (Fsp3) is 0.227. The maximum Gasteiger partial charge on any atom is 0.501 e. The lowest BCUT2D eigenvalue weighted by atomic mass is 10.1. The number of carbonyl (C=O) groups is 2. The molecular formula is C22H19F3N4O4S. The third-order valence-electron chi connectivity index (χ3n) is 5.42. The van der Waals surface area contributed by atoms with E-state index >= 15 is 0 Å². The lowest BCUT2D eigenvalue weighted by molar-refractivity contribution is -0.116. The third kappa shape index (κ3) is 3.94. The molecule has 1 aliphatic rings. The van der Waals surface area contributed by atoms with Crippen LogP contribution in [0.3, 0.4) is 0 Å². The van der Waals surface area contributed by atoms with Gasteiger partial charge in [0, 0.05) is 37.9 Å². The molecule has 2 aromatic carbocycles. The molecule has 12 heteroatoms. The van der Waals surface area contributed by atoms with Crippen molar-refractivity contribution >= 4 is 44.1 Å². The summed E-state index contributed by atoms with van der Waals surface area (Å²) in [5, 5.41) is 0.829. The Morgan fingerprint density at radius 3 is 2.32 bits per heavy atom. The minimum absolute atomic E-state index is 0.0211. The first-order valence-corrected chi connectivity index (χ1v) is 11.5. The van der Waals surface area contributed by atoms with Crippen molar-refractivity contribution in [1.82, 2.24) is 9.88 Å². The first-order chi connectivity index (χ1) is 15.9. The zero-order valence-corrected chi connectivity index (χ0v) is 18.9. The molecule has 8 nitrogen and oxygen atoms in total. The maximum absolute atomic E-state index is 13.0. The molecule has 0 bridgehead atoms. The number of hydrogen-bond acceptors (Lipinski definition) is 6. The minimum Gasteiger partial charge on any atom is -0.377 e. The number of benzene rings is 2. The topological polar surface area (TPSA) is 90.9 Å². The van der Waals surface area contributed by atoms with Crippen LogP contribution in [0.2, 0.25) is 0 Å². The van der Waals surface area contributed by atoms with Gasteiger partial charge in [-0.1, -0.05) is 6.07 Å². The van der Waals surface area contributed by atoms with Crippen molar-refractivity contribution in [2.75, 3.05) is 30.4 Å². The highest BCUT2D eigenvalue weighted by Crippen LogP contribution is 2.33. The van der Waals surface area contributed by atoms with Crippen molar-refractivity contribution in [3.05, 3.63) is 60.3 Å². The van der Waals surface area contributed by atoms with Crippen LogP contribution in [0.15, 0.2) is 59.6 Å². The fourth-order valence-corrected chi connectivity index (χ4v) is 4.56. The van der Waals surface area contributed by atoms with Gasteiger partial charge in [0.1, 0.15) is 6.54 Å². The van der Waals surface area contributed by atoms with Gasteiger partial charge in [-0.2, -0.15) is 13.2 Å². The molecule has 178 valence electrons. The van der Waals surface area contributed by atoms with E-state index in [1.54, 1.807) is 12.3 Å². The van der Waals surface area contributed by atoms with Crippen molar-refractivity contribution in [3.8, 4) is 0 Å². The second-order valence-corrected chi connectivity index (χ2v) is 9.79. The Morgan fingerprint density at radius 2 is 1.71 bits per heavy atom. The van der Waals surface area contributed by atoms with E-state index in [1.807, 2.05) is 37.2 Å². The van der Waals surface area contributed by atoms with Crippen molar-refractivity contribution in [2.45, 2.75) is 16.9 Å². The normalized spacial score (nSPS) is 14.9. The molecule has 1 fully saturated rings. The monoisotopic (exact) mass is 492 g/mol. The zero-order valence-electron chi connectivity index (χ0n) is 18.1. The molecule has 1 saturated heterocycles. The van der Waals surface area contributed by atoms with Crippen LogP contribution in [0.4, 0.5) is 29.3 Å². The fourth-order valence-electron chi connectivity index (χ4n) is 3.80. The van der Waals surface area contributed by atoms with Crippen LogP contribution < -0.4 is 9.80 Å². The van der Waals surface area contributed by atoms with Gasteiger partial charge < -0.3 is 9.80 Å². The summed E-state index contributed by atoms with van der Waals surface area (Å²) in [5.74, 6) is -0.581. The minimum atomic E-state index is -5.54. The largest absolute Gasteiger partial charge is 0.501 e. The number of urea groups is 1. The summed E-state index contributed by atoms with van der Waals surface area (Å²) >= 11 is 0. The Labute approximate surface area is 193 Å². The smallest absolute Gasteiger partial charge is 0.377 e. The quantitative estimate of drug-likeness (QED) is 0.506. The molecule has 2 heterocycles. The maximum atomic E-state index is 13.0. The average Bonchev–Trinajstić information content (AvgIpc) is 3.05. The number of fused-ring (bicyclic) bond motifs is 1. The Morgan fingerprint density at radius 1 is 1.03 bits per heavy atom. The van der Waals surface area contributed by atoms with Gasteiger partial charge in [0.15, 0.2) is 0 Å². The number of anilines is 2.